The van der Waals surface area contributed by atoms with Gasteiger partial charge in [0, 0.05) is 0 Å². The lowest BCUT2D eigenvalue weighted by molar-refractivity contribution is 0.305. The Morgan fingerprint density at radius 1 is 0.692 bits per heavy atom. The Balaban J connectivity index is 1.82. The second-order valence-corrected chi connectivity index (χ2v) is 8.35. The van der Waals surface area contributed by atoms with E-state index in [1.54, 1.807) is 22.7 Å². The highest BCUT2D eigenvalue weighted by atomic mass is 32.1. The second-order valence-electron chi connectivity index (χ2n) is 6.45. The van der Waals surface area contributed by atoms with Crippen LogP contribution in [0, 0.1) is 0 Å². The van der Waals surface area contributed by atoms with E-state index in [9.17, 15) is 0 Å². The molecule has 0 fully saturated rings. The van der Waals surface area contributed by atoms with Gasteiger partial charge in [0.1, 0.15) is 11.5 Å². The van der Waals surface area contributed by atoms with Gasteiger partial charge >= 0.3 is 0 Å². The Labute approximate surface area is 166 Å². The van der Waals surface area contributed by atoms with Gasteiger partial charge in [-0.15, -0.1) is 22.7 Å². The minimum Gasteiger partial charge on any atom is -0.492 e. The highest BCUT2D eigenvalue weighted by Gasteiger charge is 2.05. The first kappa shape index (κ1) is 21.0. The van der Waals surface area contributed by atoms with E-state index < -0.39 is 0 Å². The zero-order valence-electron chi connectivity index (χ0n) is 16.2. The molecule has 0 N–H and O–H groups in total. The molecule has 4 heteroatoms. The van der Waals surface area contributed by atoms with Crippen molar-refractivity contribution in [3.63, 3.8) is 0 Å². The van der Waals surface area contributed by atoms with Crippen LogP contribution in [0.15, 0.2) is 22.9 Å². The Morgan fingerprint density at radius 2 is 1.15 bits per heavy atom. The van der Waals surface area contributed by atoms with Crippen LogP contribution in [0.3, 0.4) is 0 Å². The van der Waals surface area contributed by atoms with Crippen LogP contribution >= 0.6 is 22.7 Å². The van der Waals surface area contributed by atoms with Crippen LogP contribution in [0.25, 0.3) is 12.2 Å². The number of hydrogen-bond acceptors (Lipinski definition) is 4. The zero-order valence-corrected chi connectivity index (χ0v) is 17.8. The van der Waals surface area contributed by atoms with E-state index in [0.717, 1.165) is 37.6 Å². The average molecular weight is 393 g/mol. The molecule has 0 aliphatic rings. The van der Waals surface area contributed by atoms with Gasteiger partial charge in [0.15, 0.2) is 0 Å². The molecular weight excluding hydrogens is 360 g/mol. The van der Waals surface area contributed by atoms with Gasteiger partial charge in [-0.1, -0.05) is 52.4 Å². The van der Waals surface area contributed by atoms with Crippen molar-refractivity contribution in [3.05, 3.63) is 32.6 Å². The summed E-state index contributed by atoms with van der Waals surface area (Å²) in [5.41, 5.74) is 0. The first-order valence-electron chi connectivity index (χ1n) is 9.93. The molecule has 2 aromatic heterocycles. The summed E-state index contributed by atoms with van der Waals surface area (Å²) in [7, 11) is 0. The van der Waals surface area contributed by atoms with Crippen molar-refractivity contribution in [2.45, 2.75) is 65.2 Å². The van der Waals surface area contributed by atoms with E-state index in [4.69, 9.17) is 9.47 Å². The van der Waals surface area contributed by atoms with Gasteiger partial charge in [-0.3, -0.25) is 0 Å². The molecule has 0 aliphatic carbocycles. The fraction of sp³-hybridized carbons (Fsp3) is 0.545. The molecule has 0 saturated carbocycles. The molecule has 0 bridgehead atoms. The Bertz CT molecular complexity index is 573. The summed E-state index contributed by atoms with van der Waals surface area (Å²) in [5.74, 6) is 2.00. The number of hydrogen-bond donors (Lipinski definition) is 0. The molecule has 0 aromatic carbocycles. The Hall–Kier alpha value is -1.26. The summed E-state index contributed by atoms with van der Waals surface area (Å²) in [4.78, 5) is 2.37. The van der Waals surface area contributed by atoms with E-state index >= 15 is 0 Å². The van der Waals surface area contributed by atoms with E-state index in [-0.39, 0.29) is 0 Å². The molecule has 144 valence electrons. The molecular formula is C22H32O2S2. The molecule has 0 spiro atoms. The SMILES string of the molecule is CCCCCCOc1ccsc1/C=C/c1sccc1OCCCCCC. The molecule has 0 saturated heterocycles. The number of thiophene rings is 2. The van der Waals surface area contributed by atoms with Crippen molar-refractivity contribution in [2.75, 3.05) is 13.2 Å². The van der Waals surface area contributed by atoms with Gasteiger partial charge in [-0.25, -0.2) is 0 Å². The Kier molecular flexibility index (Phi) is 10.5. The lowest BCUT2D eigenvalue weighted by Gasteiger charge is -2.06. The summed E-state index contributed by atoms with van der Waals surface area (Å²) in [6.07, 6.45) is 14.2. The molecule has 2 aromatic rings. The molecule has 0 radical (unpaired) electrons. The van der Waals surface area contributed by atoms with Gasteiger partial charge in [0.25, 0.3) is 0 Å². The quantitative estimate of drug-likeness (QED) is 0.304. The summed E-state index contributed by atoms with van der Waals surface area (Å²) in [6.45, 7) is 6.08. The highest BCUT2D eigenvalue weighted by molar-refractivity contribution is 7.12. The average Bonchev–Trinajstić information content (AvgIpc) is 3.28. The number of ether oxygens (including phenoxy) is 2. The first-order chi connectivity index (χ1) is 12.8. The Morgan fingerprint density at radius 3 is 1.58 bits per heavy atom. The maximum atomic E-state index is 5.96. The smallest absolute Gasteiger partial charge is 0.137 e. The second kappa shape index (κ2) is 13.0. The van der Waals surface area contributed by atoms with Gasteiger partial charge in [0.05, 0.1) is 23.0 Å². The van der Waals surface area contributed by atoms with Crippen molar-refractivity contribution in [1.82, 2.24) is 0 Å². The lowest BCUT2D eigenvalue weighted by Crippen LogP contribution is -1.97. The molecule has 0 unspecified atom stereocenters. The zero-order chi connectivity index (χ0) is 18.5. The molecule has 0 amide bonds. The van der Waals surface area contributed by atoms with Crippen molar-refractivity contribution < 1.29 is 9.47 Å². The first-order valence-corrected chi connectivity index (χ1v) is 11.7. The minimum absolute atomic E-state index is 0.808. The normalized spacial score (nSPS) is 11.3. The van der Waals surface area contributed by atoms with Crippen molar-refractivity contribution in [2.24, 2.45) is 0 Å². The fourth-order valence-corrected chi connectivity index (χ4v) is 4.13. The minimum atomic E-state index is 0.808. The standard InChI is InChI=1S/C22H32O2S2/c1-3-5-7-9-15-23-19-13-17-25-21(19)11-12-22-20(14-18-26-22)24-16-10-8-6-4-2/h11-14,17-18H,3-10,15-16H2,1-2H3/b12-11+. The van der Waals surface area contributed by atoms with Crippen molar-refractivity contribution >= 4 is 34.8 Å². The molecule has 2 heterocycles. The third-order valence-electron chi connectivity index (χ3n) is 4.21. The molecule has 26 heavy (non-hydrogen) atoms. The molecule has 0 atom stereocenters. The van der Waals surface area contributed by atoms with Crippen LogP contribution in [0.2, 0.25) is 0 Å². The largest absolute Gasteiger partial charge is 0.492 e. The topological polar surface area (TPSA) is 18.5 Å². The monoisotopic (exact) mass is 392 g/mol. The molecule has 0 aliphatic heterocycles. The number of unbranched alkanes of at least 4 members (excludes halogenated alkanes) is 6. The maximum Gasteiger partial charge on any atom is 0.137 e. The lowest BCUT2D eigenvalue weighted by atomic mass is 10.2. The van der Waals surface area contributed by atoms with E-state index in [2.05, 4.69) is 48.9 Å². The van der Waals surface area contributed by atoms with Crippen LogP contribution in [0.5, 0.6) is 11.5 Å². The van der Waals surface area contributed by atoms with E-state index in [1.165, 1.54) is 48.3 Å². The van der Waals surface area contributed by atoms with Gasteiger partial charge in [0.2, 0.25) is 0 Å². The van der Waals surface area contributed by atoms with E-state index in [1.807, 2.05) is 0 Å². The third-order valence-corrected chi connectivity index (χ3v) is 5.94. The van der Waals surface area contributed by atoms with Crippen LogP contribution in [0.1, 0.15) is 75.0 Å². The predicted molar refractivity (Wildman–Crippen MR) is 117 cm³/mol. The van der Waals surface area contributed by atoms with Gasteiger partial charge in [-0.2, -0.15) is 0 Å². The summed E-state index contributed by atoms with van der Waals surface area (Å²) in [6, 6.07) is 4.15. The summed E-state index contributed by atoms with van der Waals surface area (Å²) in [5, 5.41) is 4.20. The van der Waals surface area contributed by atoms with E-state index in [0.29, 0.717) is 0 Å². The molecule has 2 nitrogen and oxygen atoms in total. The third kappa shape index (κ3) is 7.55. The van der Waals surface area contributed by atoms with Crippen LogP contribution in [0.4, 0.5) is 0 Å². The van der Waals surface area contributed by atoms with Crippen LogP contribution < -0.4 is 9.47 Å². The summed E-state index contributed by atoms with van der Waals surface area (Å²) < 4.78 is 11.9. The van der Waals surface area contributed by atoms with Crippen LogP contribution in [-0.4, -0.2) is 13.2 Å². The maximum absolute atomic E-state index is 5.96. The van der Waals surface area contributed by atoms with Crippen molar-refractivity contribution in [3.8, 4) is 11.5 Å². The van der Waals surface area contributed by atoms with Crippen LogP contribution in [-0.2, 0) is 0 Å². The number of rotatable bonds is 14. The summed E-state index contributed by atoms with van der Waals surface area (Å²) >= 11 is 3.45. The van der Waals surface area contributed by atoms with Gasteiger partial charge < -0.3 is 9.47 Å². The van der Waals surface area contributed by atoms with Crippen molar-refractivity contribution in [1.29, 1.82) is 0 Å². The fourth-order valence-electron chi connectivity index (χ4n) is 2.67. The predicted octanol–water partition coefficient (Wildman–Crippen LogP) is 7.90. The highest BCUT2D eigenvalue weighted by Crippen LogP contribution is 2.31. The molecule has 2 rings (SSSR count). The van der Waals surface area contributed by atoms with Gasteiger partial charge in [-0.05, 0) is 47.9 Å².